The standard InChI is InChI=1S/C17H24ClN3O2.ClH/c1-11(2)7-16(22)20-13-3-4-15(18)14(8-13)17(23)21-6-5-12(9-19)10-21;/h3-4,8,11-12H,5-7,9-10,19H2,1-2H3,(H,20,22);1H. The molecule has 3 N–H and O–H groups in total. The van der Waals surface area contributed by atoms with E-state index >= 15 is 0 Å². The molecule has 2 amide bonds. The van der Waals surface area contributed by atoms with Gasteiger partial charge in [0.05, 0.1) is 10.6 Å². The molecule has 1 aromatic rings. The first-order valence-electron chi connectivity index (χ1n) is 7.99. The van der Waals surface area contributed by atoms with Crippen molar-refractivity contribution in [2.75, 3.05) is 25.0 Å². The van der Waals surface area contributed by atoms with Gasteiger partial charge >= 0.3 is 0 Å². The van der Waals surface area contributed by atoms with E-state index in [4.69, 9.17) is 17.3 Å². The van der Waals surface area contributed by atoms with Gasteiger partial charge in [-0.3, -0.25) is 9.59 Å². The number of nitrogens with one attached hydrogen (secondary N) is 1. The molecule has 1 aliphatic heterocycles. The lowest BCUT2D eigenvalue weighted by atomic mass is 10.1. The lowest BCUT2D eigenvalue weighted by Crippen LogP contribution is -2.30. The van der Waals surface area contributed by atoms with E-state index in [9.17, 15) is 9.59 Å². The van der Waals surface area contributed by atoms with Gasteiger partial charge in [0, 0.05) is 25.2 Å². The van der Waals surface area contributed by atoms with Crippen molar-refractivity contribution in [3.8, 4) is 0 Å². The number of nitrogens with zero attached hydrogens (tertiary/aromatic N) is 1. The van der Waals surface area contributed by atoms with E-state index in [2.05, 4.69) is 5.32 Å². The van der Waals surface area contributed by atoms with Crippen LogP contribution < -0.4 is 11.1 Å². The number of benzene rings is 1. The van der Waals surface area contributed by atoms with Crippen molar-refractivity contribution < 1.29 is 9.59 Å². The first-order chi connectivity index (χ1) is 10.9. The maximum Gasteiger partial charge on any atom is 0.255 e. The van der Waals surface area contributed by atoms with Crippen LogP contribution in [0, 0.1) is 11.8 Å². The molecule has 1 heterocycles. The summed E-state index contributed by atoms with van der Waals surface area (Å²) in [5.74, 6) is 0.462. The second kappa shape index (κ2) is 9.25. The quantitative estimate of drug-likeness (QED) is 0.831. The third kappa shape index (κ3) is 5.36. The molecule has 7 heteroatoms. The number of hydrogen-bond acceptors (Lipinski definition) is 3. The van der Waals surface area contributed by atoms with Crippen molar-refractivity contribution in [1.29, 1.82) is 0 Å². The fourth-order valence-corrected chi connectivity index (χ4v) is 2.93. The number of anilines is 1. The molecular formula is C17H25Cl2N3O2. The highest BCUT2D eigenvalue weighted by Crippen LogP contribution is 2.25. The zero-order chi connectivity index (χ0) is 17.0. The second-order valence-corrected chi connectivity index (χ2v) is 6.89. The molecule has 134 valence electrons. The third-order valence-corrected chi connectivity index (χ3v) is 4.31. The van der Waals surface area contributed by atoms with Crippen molar-refractivity contribution in [1.82, 2.24) is 4.90 Å². The average molecular weight is 374 g/mol. The minimum absolute atomic E-state index is 0. The molecule has 0 radical (unpaired) electrons. The normalized spacial score (nSPS) is 16.9. The van der Waals surface area contributed by atoms with Gasteiger partial charge in [-0.15, -0.1) is 12.4 Å². The van der Waals surface area contributed by atoms with Gasteiger partial charge in [0.1, 0.15) is 0 Å². The summed E-state index contributed by atoms with van der Waals surface area (Å²) in [5, 5.41) is 3.21. The highest BCUT2D eigenvalue weighted by Gasteiger charge is 2.27. The Morgan fingerprint density at radius 1 is 1.42 bits per heavy atom. The molecule has 0 aliphatic carbocycles. The van der Waals surface area contributed by atoms with E-state index in [1.54, 1.807) is 23.1 Å². The predicted octanol–water partition coefficient (Wildman–Crippen LogP) is 3.17. The molecule has 0 spiro atoms. The van der Waals surface area contributed by atoms with Crippen molar-refractivity contribution in [2.45, 2.75) is 26.7 Å². The molecule has 1 aromatic carbocycles. The zero-order valence-electron chi connectivity index (χ0n) is 14.0. The van der Waals surface area contributed by atoms with Crippen LogP contribution in [0.15, 0.2) is 18.2 Å². The molecule has 1 aliphatic rings. The monoisotopic (exact) mass is 373 g/mol. The summed E-state index contributed by atoms with van der Waals surface area (Å²) < 4.78 is 0. The smallest absolute Gasteiger partial charge is 0.255 e. The minimum Gasteiger partial charge on any atom is -0.338 e. The van der Waals surface area contributed by atoms with E-state index in [1.165, 1.54) is 0 Å². The van der Waals surface area contributed by atoms with Gasteiger partial charge in [0.25, 0.3) is 5.91 Å². The van der Waals surface area contributed by atoms with Crippen molar-refractivity contribution >= 4 is 41.5 Å². The highest BCUT2D eigenvalue weighted by atomic mass is 35.5. The second-order valence-electron chi connectivity index (χ2n) is 6.48. The summed E-state index contributed by atoms with van der Waals surface area (Å²) in [6.07, 6.45) is 1.36. The van der Waals surface area contributed by atoms with Crippen LogP contribution in [0.4, 0.5) is 5.69 Å². The predicted molar refractivity (Wildman–Crippen MR) is 99.8 cm³/mol. The Hall–Kier alpha value is -1.30. The Kier molecular flexibility index (Phi) is 8.00. The lowest BCUT2D eigenvalue weighted by Gasteiger charge is -2.18. The lowest BCUT2D eigenvalue weighted by molar-refractivity contribution is -0.116. The molecular weight excluding hydrogens is 349 g/mol. The van der Waals surface area contributed by atoms with Crippen LogP contribution in [0.5, 0.6) is 0 Å². The molecule has 0 saturated carbocycles. The summed E-state index contributed by atoms with van der Waals surface area (Å²) in [5.41, 5.74) is 6.69. The summed E-state index contributed by atoms with van der Waals surface area (Å²) in [6, 6.07) is 5.01. The molecule has 1 unspecified atom stereocenters. The Morgan fingerprint density at radius 3 is 2.71 bits per heavy atom. The van der Waals surface area contributed by atoms with E-state index < -0.39 is 0 Å². The van der Waals surface area contributed by atoms with Gasteiger partial charge in [-0.2, -0.15) is 0 Å². The largest absolute Gasteiger partial charge is 0.338 e. The van der Waals surface area contributed by atoms with Crippen molar-refractivity contribution in [2.24, 2.45) is 17.6 Å². The van der Waals surface area contributed by atoms with Crippen LogP contribution >= 0.6 is 24.0 Å². The summed E-state index contributed by atoms with van der Waals surface area (Å²) in [7, 11) is 0. The number of carbonyl (C=O) groups is 2. The van der Waals surface area contributed by atoms with E-state index in [0.29, 0.717) is 48.2 Å². The maximum absolute atomic E-state index is 12.6. The van der Waals surface area contributed by atoms with E-state index in [0.717, 1.165) is 6.42 Å². The Bertz CT molecular complexity index is 593. The molecule has 0 aromatic heterocycles. The number of carbonyl (C=O) groups excluding carboxylic acids is 2. The molecule has 1 atom stereocenters. The van der Waals surface area contributed by atoms with E-state index in [-0.39, 0.29) is 30.1 Å². The highest BCUT2D eigenvalue weighted by molar-refractivity contribution is 6.34. The van der Waals surface area contributed by atoms with Crippen LogP contribution in [-0.4, -0.2) is 36.3 Å². The maximum atomic E-state index is 12.6. The third-order valence-electron chi connectivity index (χ3n) is 3.98. The summed E-state index contributed by atoms with van der Waals surface area (Å²) in [6.45, 7) is 5.91. The Labute approximate surface area is 154 Å². The van der Waals surface area contributed by atoms with Gasteiger partial charge < -0.3 is 16.0 Å². The fourth-order valence-electron chi connectivity index (χ4n) is 2.73. The Morgan fingerprint density at radius 2 is 2.12 bits per heavy atom. The molecule has 1 fully saturated rings. The van der Waals surface area contributed by atoms with Gasteiger partial charge in [0.15, 0.2) is 0 Å². The van der Waals surface area contributed by atoms with Crippen LogP contribution in [0.3, 0.4) is 0 Å². The van der Waals surface area contributed by atoms with Crippen LogP contribution in [0.2, 0.25) is 5.02 Å². The van der Waals surface area contributed by atoms with Crippen molar-refractivity contribution in [3.63, 3.8) is 0 Å². The van der Waals surface area contributed by atoms with Gasteiger partial charge in [-0.25, -0.2) is 0 Å². The minimum atomic E-state index is -0.106. The average Bonchev–Trinajstić information content (AvgIpc) is 2.96. The number of rotatable bonds is 5. The topological polar surface area (TPSA) is 75.4 Å². The number of halogens is 2. The first kappa shape index (κ1) is 20.7. The van der Waals surface area contributed by atoms with E-state index in [1.807, 2.05) is 13.8 Å². The van der Waals surface area contributed by atoms with Crippen molar-refractivity contribution in [3.05, 3.63) is 28.8 Å². The number of likely N-dealkylation sites (tertiary alicyclic amines) is 1. The fraction of sp³-hybridized carbons (Fsp3) is 0.529. The number of amides is 2. The number of hydrogen-bond donors (Lipinski definition) is 2. The van der Waals surface area contributed by atoms with Gasteiger partial charge in [-0.1, -0.05) is 25.4 Å². The first-order valence-corrected chi connectivity index (χ1v) is 8.37. The van der Waals surface area contributed by atoms with Gasteiger partial charge in [-0.05, 0) is 43.0 Å². The number of nitrogens with two attached hydrogens (primary N) is 1. The summed E-state index contributed by atoms with van der Waals surface area (Å²) in [4.78, 5) is 26.3. The van der Waals surface area contributed by atoms with Crippen LogP contribution in [-0.2, 0) is 4.79 Å². The SMILES string of the molecule is CC(C)CC(=O)Nc1ccc(Cl)c(C(=O)N2CCC(CN)C2)c1.Cl. The molecule has 24 heavy (non-hydrogen) atoms. The molecule has 5 nitrogen and oxygen atoms in total. The summed E-state index contributed by atoms with van der Waals surface area (Å²) >= 11 is 6.18. The molecule has 2 rings (SSSR count). The Balaban J connectivity index is 0.00000288. The molecule has 1 saturated heterocycles. The molecule has 0 bridgehead atoms. The van der Waals surface area contributed by atoms with Gasteiger partial charge in [0.2, 0.25) is 5.91 Å². The van der Waals surface area contributed by atoms with Crippen LogP contribution in [0.1, 0.15) is 37.0 Å². The van der Waals surface area contributed by atoms with Crippen LogP contribution in [0.25, 0.3) is 0 Å². The zero-order valence-corrected chi connectivity index (χ0v) is 15.6.